The smallest absolute Gasteiger partial charge is 0 e. The Balaban J connectivity index is 0. The van der Waals surface area contributed by atoms with E-state index in [0.29, 0.717) is 0 Å². The Hall–Kier alpha value is 2.02. The quantitative estimate of drug-likeness (QED) is 0.409. The van der Waals surface area contributed by atoms with Gasteiger partial charge >= 0.3 is 0 Å². The molecule has 12 heavy (non-hydrogen) atoms. The van der Waals surface area contributed by atoms with Gasteiger partial charge < -0.3 is 9.80 Å². The Morgan fingerprint density at radius 1 is 1.17 bits per heavy atom. The molecule has 0 amide bonds. The van der Waals surface area contributed by atoms with Crippen molar-refractivity contribution in [1.82, 2.24) is 9.80 Å². The molecule has 0 aromatic heterocycles. The minimum atomic E-state index is 0. The van der Waals surface area contributed by atoms with Crippen molar-refractivity contribution in [3.63, 3.8) is 0 Å². The molecule has 1 saturated heterocycles. The summed E-state index contributed by atoms with van der Waals surface area (Å²) in [6.07, 6.45) is 1.23. The SMILES string of the molecule is [CH2-]N1CC(CC)CN([CH2-])C1.[U].[U]. The molecule has 0 atom stereocenters. The molecule has 1 aliphatic heterocycles. The molecule has 0 radical (unpaired) electrons. The summed E-state index contributed by atoms with van der Waals surface area (Å²) in [7, 11) is 7.80. The summed E-state index contributed by atoms with van der Waals surface area (Å²) in [5, 5.41) is 0. The second-order valence-electron chi connectivity index (χ2n) is 3.12. The zero-order valence-electron chi connectivity index (χ0n) is 7.71. The largest absolute Gasteiger partial charge is 0.449 e. The standard InChI is InChI=1S/C8H16N2.2U/c1-4-8-5-9(2)7-10(3)6-8;;/h8H,2-7H2,1H3;;/q-2;;. The Morgan fingerprint density at radius 2 is 1.58 bits per heavy atom. The molecule has 0 saturated carbocycles. The van der Waals surface area contributed by atoms with Crippen LogP contribution in [0.15, 0.2) is 0 Å². The minimum absolute atomic E-state index is 0. The first-order valence-electron chi connectivity index (χ1n) is 3.83. The Kier molecular flexibility index (Phi) is 11.4. The first-order chi connectivity index (χ1) is 4.72. The van der Waals surface area contributed by atoms with Gasteiger partial charge in [-0.15, -0.1) is 0 Å². The minimum Gasteiger partial charge on any atom is -0.449 e. The average Bonchev–Trinajstić information content (AvgIpc) is 1.85. The molecule has 68 valence electrons. The number of hydrogen-bond donors (Lipinski definition) is 0. The summed E-state index contributed by atoms with van der Waals surface area (Å²) >= 11 is 0. The van der Waals surface area contributed by atoms with Crippen molar-refractivity contribution < 1.29 is 62.2 Å². The first kappa shape index (κ1) is 16.5. The fourth-order valence-electron chi connectivity index (χ4n) is 1.44. The molecule has 0 unspecified atom stereocenters. The van der Waals surface area contributed by atoms with Crippen LogP contribution in [0.4, 0.5) is 0 Å². The maximum atomic E-state index is 3.90. The molecular weight excluding hydrogens is 600 g/mol. The maximum absolute atomic E-state index is 3.90. The van der Waals surface area contributed by atoms with E-state index < -0.39 is 0 Å². The predicted molar refractivity (Wildman–Crippen MR) is 42.8 cm³/mol. The van der Waals surface area contributed by atoms with Gasteiger partial charge in [-0.3, -0.25) is 14.1 Å². The van der Waals surface area contributed by atoms with Crippen molar-refractivity contribution in [2.75, 3.05) is 19.8 Å². The first-order valence-corrected chi connectivity index (χ1v) is 3.83. The molecule has 1 heterocycles. The second kappa shape index (κ2) is 8.34. The predicted octanol–water partition coefficient (Wildman–Crippen LogP) is 1.17. The molecule has 0 aromatic carbocycles. The second-order valence-corrected chi connectivity index (χ2v) is 3.12. The van der Waals surface area contributed by atoms with Crippen LogP contribution in [0.3, 0.4) is 0 Å². The molecule has 0 spiro atoms. The fourth-order valence-corrected chi connectivity index (χ4v) is 1.44. The van der Waals surface area contributed by atoms with Crippen LogP contribution in [0.2, 0.25) is 0 Å². The van der Waals surface area contributed by atoms with Crippen LogP contribution in [0.1, 0.15) is 13.3 Å². The van der Waals surface area contributed by atoms with Crippen LogP contribution in [-0.2, 0) is 0 Å². The van der Waals surface area contributed by atoms with E-state index in [1.807, 2.05) is 0 Å². The molecule has 1 fully saturated rings. The van der Waals surface area contributed by atoms with Gasteiger partial charge in [0, 0.05) is 62.2 Å². The van der Waals surface area contributed by atoms with Crippen molar-refractivity contribution >= 4 is 0 Å². The summed E-state index contributed by atoms with van der Waals surface area (Å²) in [4.78, 5) is 4.15. The van der Waals surface area contributed by atoms with Crippen molar-refractivity contribution in [2.24, 2.45) is 5.92 Å². The number of rotatable bonds is 1. The number of nitrogens with zero attached hydrogens (tertiary/aromatic N) is 2. The molecule has 0 aliphatic carbocycles. The molecule has 1 rings (SSSR count). The third kappa shape index (κ3) is 5.69. The van der Waals surface area contributed by atoms with Crippen molar-refractivity contribution in [1.29, 1.82) is 0 Å². The third-order valence-corrected chi connectivity index (χ3v) is 2.01. The van der Waals surface area contributed by atoms with Crippen molar-refractivity contribution in [3.8, 4) is 0 Å². The maximum Gasteiger partial charge on any atom is 0 e. The van der Waals surface area contributed by atoms with Gasteiger partial charge in [0.05, 0.1) is 0 Å². The molecule has 0 bridgehead atoms. The molecule has 2 nitrogen and oxygen atoms in total. The van der Waals surface area contributed by atoms with Gasteiger partial charge in [0.2, 0.25) is 0 Å². The van der Waals surface area contributed by atoms with E-state index in [0.717, 1.165) is 25.7 Å². The van der Waals surface area contributed by atoms with Crippen LogP contribution in [0, 0.1) is 82.2 Å². The average molecular weight is 616 g/mol. The summed E-state index contributed by atoms with van der Waals surface area (Å²) in [5.41, 5.74) is 0. The van der Waals surface area contributed by atoms with E-state index in [-0.39, 0.29) is 62.2 Å². The fraction of sp³-hybridized carbons (Fsp3) is 0.750. The van der Waals surface area contributed by atoms with Gasteiger partial charge in [-0.2, -0.15) is 0 Å². The van der Waals surface area contributed by atoms with Crippen molar-refractivity contribution in [2.45, 2.75) is 13.3 Å². The Bertz CT molecular complexity index is 101. The monoisotopic (exact) mass is 616 g/mol. The van der Waals surface area contributed by atoms with E-state index in [1.165, 1.54) is 6.42 Å². The van der Waals surface area contributed by atoms with E-state index >= 15 is 0 Å². The van der Waals surface area contributed by atoms with Gasteiger partial charge in [0.1, 0.15) is 0 Å². The molecule has 4 heteroatoms. The summed E-state index contributed by atoms with van der Waals surface area (Å²) in [6, 6.07) is 0. The van der Waals surface area contributed by atoms with Gasteiger partial charge in [-0.1, -0.05) is 13.3 Å². The third-order valence-electron chi connectivity index (χ3n) is 2.01. The van der Waals surface area contributed by atoms with E-state index in [1.54, 1.807) is 0 Å². The van der Waals surface area contributed by atoms with Crippen LogP contribution >= 0.6 is 0 Å². The van der Waals surface area contributed by atoms with Gasteiger partial charge in [0.15, 0.2) is 0 Å². The summed E-state index contributed by atoms with van der Waals surface area (Å²) in [6.45, 7) is 5.39. The van der Waals surface area contributed by atoms with Crippen LogP contribution < -0.4 is 0 Å². The number of hydrogen-bond acceptors (Lipinski definition) is 2. The van der Waals surface area contributed by atoms with Crippen LogP contribution in [0.25, 0.3) is 0 Å². The zero-order valence-corrected chi connectivity index (χ0v) is 16.0. The van der Waals surface area contributed by atoms with E-state index in [4.69, 9.17) is 0 Å². The Morgan fingerprint density at radius 3 is 1.92 bits per heavy atom. The summed E-state index contributed by atoms with van der Waals surface area (Å²) in [5.74, 6) is 0.767. The summed E-state index contributed by atoms with van der Waals surface area (Å²) < 4.78 is 0. The normalized spacial score (nSPS) is 21.2. The molecular formula is C8H16N2U2-2. The van der Waals surface area contributed by atoms with Gasteiger partial charge in [-0.05, 0) is 25.7 Å². The van der Waals surface area contributed by atoms with E-state index in [9.17, 15) is 0 Å². The van der Waals surface area contributed by atoms with Gasteiger partial charge in [-0.25, -0.2) is 0 Å². The molecule has 0 N–H and O–H groups in total. The van der Waals surface area contributed by atoms with Gasteiger partial charge in [0.25, 0.3) is 0 Å². The molecule has 1 aliphatic rings. The van der Waals surface area contributed by atoms with Crippen molar-refractivity contribution in [3.05, 3.63) is 14.1 Å². The molecule has 0 aromatic rings. The van der Waals surface area contributed by atoms with Crippen LogP contribution in [0.5, 0.6) is 0 Å². The van der Waals surface area contributed by atoms with E-state index in [2.05, 4.69) is 30.8 Å². The Labute approximate surface area is 124 Å². The topological polar surface area (TPSA) is 6.48 Å². The van der Waals surface area contributed by atoms with Crippen LogP contribution in [-0.4, -0.2) is 29.6 Å². The zero-order chi connectivity index (χ0) is 7.56.